The second-order valence-electron chi connectivity index (χ2n) is 12.8. The molecule has 2 aliphatic rings. The van der Waals surface area contributed by atoms with Gasteiger partial charge in [0.15, 0.2) is 32.2 Å². The molecule has 6 heterocycles. The summed E-state index contributed by atoms with van der Waals surface area (Å²) in [5, 5.41) is 8.41. The van der Waals surface area contributed by atoms with Gasteiger partial charge in [-0.15, -0.1) is 0 Å². The molecule has 2 aliphatic heterocycles. The van der Waals surface area contributed by atoms with Crippen LogP contribution in [0.4, 0.5) is 31.5 Å². The maximum atomic E-state index is 12.7. The summed E-state index contributed by atoms with van der Waals surface area (Å²) >= 11 is 21.2. The second kappa shape index (κ2) is 16.4. The van der Waals surface area contributed by atoms with Gasteiger partial charge in [0.2, 0.25) is 0 Å². The quantitative estimate of drug-likeness (QED) is 0.180. The van der Waals surface area contributed by atoms with Crippen molar-refractivity contribution in [3.63, 3.8) is 0 Å². The van der Waals surface area contributed by atoms with Gasteiger partial charge < -0.3 is 19.6 Å². The van der Waals surface area contributed by atoms with Gasteiger partial charge in [0.25, 0.3) is 0 Å². The van der Waals surface area contributed by atoms with E-state index in [4.69, 9.17) is 34.8 Å². The Morgan fingerprint density at radius 2 is 1.13 bits per heavy atom. The monoisotopic (exact) mass is 824 g/mol. The van der Waals surface area contributed by atoms with Crippen LogP contribution in [0.1, 0.15) is 19.4 Å². The standard InChI is InChI=1S/C18H19ClN6OS.C17H16Cl2N6OS/c1-11-3-4-13-14(9-11)27-17(22-13)23-18(26)25-8-7-24(10-12(25)2)16-15(19)20-5-6-21-16;1-10-9-24(15-14(19)20-4-5-21-15)6-7-25(10)17(26)23-16-22-12-3-2-11(18)8-13(12)27-16/h3-6,9,12H,7-8,10H2,1-2H3,(H,22,23,26);2-5,8,10H,6-7,9H2,1H3,(H,22,23,26). The normalized spacial score (nSPS) is 17.4. The number of nitrogens with one attached hydrogen (secondary N) is 2. The lowest BCUT2D eigenvalue weighted by atomic mass is 10.2. The molecule has 4 amide bonds. The van der Waals surface area contributed by atoms with Crippen LogP contribution in [0, 0.1) is 6.92 Å². The number of fused-ring (bicyclic) bond motifs is 2. The topological polar surface area (TPSA) is 148 Å². The average molecular weight is 826 g/mol. The number of aromatic nitrogens is 6. The van der Waals surface area contributed by atoms with Gasteiger partial charge in [-0.2, -0.15) is 0 Å². The van der Waals surface area contributed by atoms with Crippen molar-refractivity contribution in [3.05, 3.63) is 82.1 Å². The molecule has 2 unspecified atom stereocenters. The van der Waals surface area contributed by atoms with E-state index in [1.54, 1.807) is 35.8 Å². The van der Waals surface area contributed by atoms with Crippen molar-refractivity contribution in [3.8, 4) is 0 Å². The molecule has 4 aromatic heterocycles. The van der Waals surface area contributed by atoms with Gasteiger partial charge in [0.05, 0.1) is 20.4 Å². The van der Waals surface area contributed by atoms with E-state index in [1.807, 2.05) is 54.8 Å². The largest absolute Gasteiger partial charge is 0.350 e. The molecule has 0 radical (unpaired) electrons. The number of nitrogens with zero attached hydrogens (tertiary/aromatic N) is 10. The predicted octanol–water partition coefficient (Wildman–Crippen LogP) is 7.93. The van der Waals surface area contributed by atoms with Crippen LogP contribution >= 0.6 is 57.5 Å². The van der Waals surface area contributed by atoms with E-state index < -0.39 is 0 Å². The van der Waals surface area contributed by atoms with Crippen LogP contribution in [0.25, 0.3) is 20.4 Å². The van der Waals surface area contributed by atoms with Crippen LogP contribution in [-0.4, -0.2) is 103 Å². The van der Waals surface area contributed by atoms with Gasteiger partial charge in [-0.05, 0) is 56.7 Å². The van der Waals surface area contributed by atoms with Crippen molar-refractivity contribution in [2.45, 2.75) is 32.9 Å². The number of piperazine rings is 2. The minimum Gasteiger partial charge on any atom is -0.350 e. The summed E-state index contributed by atoms with van der Waals surface area (Å²) in [7, 11) is 0. The van der Waals surface area contributed by atoms with Gasteiger partial charge in [-0.3, -0.25) is 10.6 Å². The van der Waals surface area contributed by atoms with E-state index >= 15 is 0 Å². The summed E-state index contributed by atoms with van der Waals surface area (Å²) < 4.78 is 2.01. The summed E-state index contributed by atoms with van der Waals surface area (Å²) in [6, 6.07) is 11.2. The number of urea groups is 2. The molecule has 2 saturated heterocycles. The Morgan fingerprint density at radius 3 is 1.61 bits per heavy atom. The molecule has 2 atom stereocenters. The summed E-state index contributed by atoms with van der Waals surface area (Å²) in [6.45, 7) is 9.72. The number of amides is 4. The van der Waals surface area contributed by atoms with Crippen molar-refractivity contribution in [1.82, 2.24) is 39.7 Å². The Labute approximate surface area is 334 Å². The molecule has 19 heteroatoms. The number of halogens is 3. The molecular weight excluding hydrogens is 791 g/mol. The lowest BCUT2D eigenvalue weighted by Gasteiger charge is -2.40. The molecule has 2 fully saturated rings. The third-order valence-corrected chi connectivity index (χ3v) is 11.6. The molecule has 0 saturated carbocycles. The van der Waals surface area contributed by atoms with Crippen LogP contribution in [-0.2, 0) is 0 Å². The van der Waals surface area contributed by atoms with Crippen LogP contribution in [0.2, 0.25) is 15.3 Å². The van der Waals surface area contributed by atoms with Crippen LogP contribution < -0.4 is 20.4 Å². The number of carbonyl (C=O) groups excluding carboxylic acids is 2. The molecule has 0 aliphatic carbocycles. The van der Waals surface area contributed by atoms with E-state index in [0.29, 0.717) is 76.5 Å². The van der Waals surface area contributed by atoms with E-state index in [0.717, 1.165) is 20.4 Å². The van der Waals surface area contributed by atoms with Gasteiger partial charge >= 0.3 is 12.1 Å². The zero-order valence-corrected chi connectivity index (χ0v) is 33.3. The highest BCUT2D eigenvalue weighted by atomic mass is 35.5. The van der Waals surface area contributed by atoms with Gasteiger partial charge in [-0.25, -0.2) is 39.5 Å². The first kappa shape index (κ1) is 37.7. The summed E-state index contributed by atoms with van der Waals surface area (Å²) in [6.07, 6.45) is 6.37. The molecule has 280 valence electrons. The molecule has 2 N–H and O–H groups in total. The van der Waals surface area contributed by atoms with Gasteiger partial charge in [0, 0.05) is 81.2 Å². The lowest BCUT2D eigenvalue weighted by Crippen LogP contribution is -2.55. The van der Waals surface area contributed by atoms with Crippen LogP contribution in [0.15, 0.2) is 61.2 Å². The Morgan fingerprint density at radius 1 is 0.667 bits per heavy atom. The summed E-state index contributed by atoms with van der Waals surface area (Å²) in [5.74, 6) is 1.31. The number of aryl methyl sites for hydroxylation is 1. The number of thiazole rings is 2. The fourth-order valence-electron chi connectivity index (χ4n) is 6.32. The third kappa shape index (κ3) is 8.52. The molecule has 8 rings (SSSR count). The fraction of sp³-hybridized carbons (Fsp3) is 0.314. The van der Waals surface area contributed by atoms with Crippen molar-refractivity contribution < 1.29 is 9.59 Å². The number of hydrogen-bond donors (Lipinski definition) is 2. The van der Waals surface area contributed by atoms with Crippen molar-refractivity contribution in [1.29, 1.82) is 0 Å². The summed E-state index contributed by atoms with van der Waals surface area (Å²) in [4.78, 5) is 58.9. The SMILES string of the molecule is CC1CN(c2nccnc2Cl)CCN1C(=O)Nc1nc2ccc(Cl)cc2s1.Cc1ccc2nc(NC(=O)N3CCN(c4nccnc4Cl)CC3C)sc2c1. The van der Waals surface area contributed by atoms with E-state index in [1.165, 1.54) is 28.2 Å². The maximum Gasteiger partial charge on any atom is 0.324 e. The molecule has 2 aromatic carbocycles. The predicted molar refractivity (Wildman–Crippen MR) is 218 cm³/mol. The minimum atomic E-state index is -0.169. The van der Waals surface area contributed by atoms with Gasteiger partial charge in [0.1, 0.15) is 0 Å². The van der Waals surface area contributed by atoms with Crippen molar-refractivity contribution in [2.24, 2.45) is 0 Å². The molecule has 6 aromatic rings. The zero-order valence-electron chi connectivity index (χ0n) is 29.4. The molecule has 0 spiro atoms. The van der Waals surface area contributed by atoms with Crippen LogP contribution in [0.3, 0.4) is 0 Å². The van der Waals surface area contributed by atoms with Crippen molar-refractivity contribution in [2.75, 3.05) is 59.7 Å². The fourth-order valence-corrected chi connectivity index (χ4v) is 8.85. The highest BCUT2D eigenvalue weighted by Crippen LogP contribution is 2.30. The number of anilines is 4. The molecule has 54 heavy (non-hydrogen) atoms. The number of rotatable bonds is 4. The van der Waals surface area contributed by atoms with E-state index in [2.05, 4.69) is 51.5 Å². The van der Waals surface area contributed by atoms with E-state index in [9.17, 15) is 9.59 Å². The summed E-state index contributed by atoms with van der Waals surface area (Å²) in [5.41, 5.74) is 2.89. The highest BCUT2D eigenvalue weighted by Gasteiger charge is 2.31. The third-order valence-electron chi connectivity index (χ3n) is 8.97. The average Bonchev–Trinajstić information content (AvgIpc) is 3.74. The zero-order chi connectivity index (χ0) is 37.9. The Bertz CT molecular complexity index is 2150. The molecular formula is C35H35Cl3N12O2S2. The Balaban J connectivity index is 0.000000167. The maximum absolute atomic E-state index is 12.7. The van der Waals surface area contributed by atoms with Crippen molar-refractivity contribution >= 4 is 112 Å². The number of benzene rings is 2. The molecule has 14 nitrogen and oxygen atoms in total. The van der Waals surface area contributed by atoms with E-state index in [-0.39, 0.29) is 24.1 Å². The molecule has 0 bridgehead atoms. The first-order valence-electron chi connectivity index (χ1n) is 17.0. The first-order chi connectivity index (χ1) is 26.0. The Hall–Kier alpha value is -4.61. The van der Waals surface area contributed by atoms with Crippen LogP contribution in [0.5, 0.6) is 0 Å². The Kier molecular flexibility index (Phi) is 11.5. The second-order valence-corrected chi connectivity index (χ2v) is 16.0. The number of carbonyl (C=O) groups is 2. The minimum absolute atomic E-state index is 0.00782. The highest BCUT2D eigenvalue weighted by molar-refractivity contribution is 7.22. The smallest absolute Gasteiger partial charge is 0.324 e. The van der Waals surface area contributed by atoms with Gasteiger partial charge in [-0.1, -0.05) is 63.5 Å². The lowest BCUT2D eigenvalue weighted by molar-refractivity contribution is 0.184. The number of hydrogen-bond acceptors (Lipinski definition) is 12. The first-order valence-corrected chi connectivity index (χ1v) is 19.8.